The summed E-state index contributed by atoms with van der Waals surface area (Å²) in [5, 5.41) is 12.3. The van der Waals surface area contributed by atoms with Crippen LogP contribution in [0.1, 0.15) is 53.1 Å². The molecule has 1 saturated heterocycles. The van der Waals surface area contributed by atoms with Crippen molar-refractivity contribution in [2.75, 3.05) is 13.1 Å². The zero-order chi connectivity index (χ0) is 29.5. The first-order valence-corrected chi connectivity index (χ1v) is 15.3. The number of nitrogens with zero attached hydrogens (tertiary/aromatic N) is 8. The number of piperidine rings is 1. The van der Waals surface area contributed by atoms with E-state index in [9.17, 15) is 0 Å². The Morgan fingerprint density at radius 1 is 0.909 bits per heavy atom. The monoisotopic (exact) mass is 579 g/mol. The second-order valence-corrected chi connectivity index (χ2v) is 11.8. The largest absolute Gasteiger partial charge is 0.299 e. The van der Waals surface area contributed by atoms with Gasteiger partial charge in [-0.3, -0.25) is 20.0 Å². The van der Waals surface area contributed by atoms with Crippen LogP contribution in [0.3, 0.4) is 0 Å². The van der Waals surface area contributed by atoms with Gasteiger partial charge in [-0.05, 0) is 56.1 Å². The second-order valence-electron chi connectivity index (χ2n) is 11.8. The predicted molar refractivity (Wildman–Crippen MR) is 172 cm³/mol. The standard InChI is InChI=1S/C35H33N9/c1-23-19-31-37-21-28-20-29(25-7-3-2-4-8-25)32(38-35(28)44(31)42-23)26-12-10-24(11-13-26)22-43-17-14-27(15-18-43)33-39-34(41-40-33)30-9-5-6-16-36-30/h2-13,16,19-21,27-28,35H,14-15,17-18,22H2,1H3,(H,39,40,41). The van der Waals surface area contributed by atoms with Crippen LogP contribution in [-0.2, 0) is 6.54 Å². The molecule has 0 radical (unpaired) electrons. The molecule has 3 aliphatic rings. The zero-order valence-corrected chi connectivity index (χ0v) is 24.6. The van der Waals surface area contributed by atoms with Gasteiger partial charge in [0.1, 0.15) is 11.5 Å². The number of dihydropyridines is 1. The molecule has 0 saturated carbocycles. The number of nitrogens with one attached hydrogen (secondary N) is 1. The number of aryl methyl sites for hydroxylation is 1. The van der Waals surface area contributed by atoms with Crippen LogP contribution >= 0.6 is 0 Å². The highest BCUT2D eigenvalue weighted by Crippen LogP contribution is 2.38. The van der Waals surface area contributed by atoms with Gasteiger partial charge < -0.3 is 0 Å². The van der Waals surface area contributed by atoms with Crippen molar-refractivity contribution >= 4 is 23.3 Å². The quantitative estimate of drug-likeness (QED) is 0.259. The summed E-state index contributed by atoms with van der Waals surface area (Å²) in [5.41, 5.74) is 7.47. The van der Waals surface area contributed by atoms with Crippen LogP contribution in [0, 0.1) is 12.8 Å². The van der Waals surface area contributed by atoms with Crippen molar-refractivity contribution in [2.45, 2.75) is 38.4 Å². The lowest BCUT2D eigenvalue weighted by molar-refractivity contribution is 0.202. The van der Waals surface area contributed by atoms with Gasteiger partial charge in [0.2, 0.25) is 0 Å². The lowest BCUT2D eigenvalue weighted by atomic mass is 9.88. The van der Waals surface area contributed by atoms with Crippen molar-refractivity contribution in [3.63, 3.8) is 0 Å². The summed E-state index contributed by atoms with van der Waals surface area (Å²) in [7, 11) is 0. The van der Waals surface area contributed by atoms with Gasteiger partial charge in [0.25, 0.3) is 0 Å². The smallest absolute Gasteiger partial charge is 0.199 e. The fourth-order valence-electron chi connectivity index (χ4n) is 6.48. The van der Waals surface area contributed by atoms with Crippen LogP contribution < -0.4 is 0 Å². The van der Waals surface area contributed by atoms with Gasteiger partial charge in [-0.25, -0.2) is 14.7 Å². The van der Waals surface area contributed by atoms with Crippen LogP contribution in [0.2, 0.25) is 0 Å². The molecule has 2 aromatic carbocycles. The highest BCUT2D eigenvalue weighted by molar-refractivity contribution is 6.32. The number of rotatable bonds is 6. The maximum atomic E-state index is 5.32. The van der Waals surface area contributed by atoms with Gasteiger partial charge in [-0.1, -0.05) is 66.7 Å². The Balaban J connectivity index is 0.977. The molecular formula is C35H33N9. The summed E-state index contributed by atoms with van der Waals surface area (Å²) in [4.78, 5) is 21.7. The number of aliphatic imine (C=N–C) groups is 2. The van der Waals surface area contributed by atoms with E-state index in [4.69, 9.17) is 15.1 Å². The van der Waals surface area contributed by atoms with Crippen LogP contribution in [0.25, 0.3) is 17.1 Å². The Bertz CT molecular complexity index is 1860. The minimum absolute atomic E-state index is 0.0570. The molecule has 8 rings (SSSR count). The molecule has 2 atom stereocenters. The van der Waals surface area contributed by atoms with E-state index in [0.29, 0.717) is 11.7 Å². The Kier molecular flexibility index (Phi) is 6.79. The van der Waals surface area contributed by atoms with E-state index in [1.165, 1.54) is 5.56 Å². The van der Waals surface area contributed by atoms with Crippen molar-refractivity contribution < 1.29 is 0 Å². The number of hydrogen-bond acceptors (Lipinski definition) is 7. The summed E-state index contributed by atoms with van der Waals surface area (Å²) in [5.74, 6) is 2.94. The Hall–Kier alpha value is -5.02. The summed E-state index contributed by atoms with van der Waals surface area (Å²) in [6.45, 7) is 4.97. The van der Waals surface area contributed by atoms with E-state index < -0.39 is 0 Å². The van der Waals surface area contributed by atoms with Gasteiger partial charge in [-0.2, -0.15) is 10.2 Å². The number of hydrogen-bond donors (Lipinski definition) is 1. The molecule has 218 valence electrons. The SMILES string of the molecule is Cc1cc2n(n1)C1N=C(c3ccc(CN4CCC(c5nc(-c6ccccn6)n[nH]5)CC4)cc3)C(c3ccccc3)=CC1C=N2. The number of likely N-dealkylation sites (tertiary alicyclic amines) is 1. The molecule has 3 aromatic heterocycles. The second kappa shape index (κ2) is 11.2. The minimum atomic E-state index is -0.135. The number of aromatic amines is 1. The average molecular weight is 580 g/mol. The van der Waals surface area contributed by atoms with Gasteiger partial charge >= 0.3 is 0 Å². The molecule has 0 amide bonds. The summed E-state index contributed by atoms with van der Waals surface area (Å²) < 4.78 is 1.97. The first-order chi connectivity index (χ1) is 21.7. The molecule has 9 heteroatoms. The molecule has 1 N–H and O–H groups in total. The minimum Gasteiger partial charge on any atom is -0.299 e. The number of pyridine rings is 1. The van der Waals surface area contributed by atoms with Crippen molar-refractivity contribution in [3.8, 4) is 11.5 Å². The van der Waals surface area contributed by atoms with Gasteiger partial charge in [0.15, 0.2) is 17.8 Å². The Morgan fingerprint density at radius 3 is 2.52 bits per heavy atom. The van der Waals surface area contributed by atoms with Crippen molar-refractivity contribution in [1.29, 1.82) is 0 Å². The van der Waals surface area contributed by atoms with Crippen LogP contribution in [-0.4, -0.2) is 59.9 Å². The van der Waals surface area contributed by atoms with E-state index in [1.54, 1.807) is 6.20 Å². The topological polar surface area (TPSA) is 100 Å². The molecule has 9 nitrogen and oxygen atoms in total. The third-order valence-corrected chi connectivity index (χ3v) is 8.78. The number of H-pyrrole nitrogens is 1. The summed E-state index contributed by atoms with van der Waals surface area (Å²) in [6.07, 6.45) is 8.06. The van der Waals surface area contributed by atoms with Gasteiger partial charge in [-0.15, -0.1) is 0 Å². The molecular weight excluding hydrogens is 546 g/mol. The van der Waals surface area contributed by atoms with Crippen LogP contribution in [0.4, 0.5) is 5.82 Å². The normalized spacial score (nSPS) is 20.1. The van der Waals surface area contributed by atoms with Crippen LogP contribution in [0.15, 0.2) is 101 Å². The molecule has 44 heavy (non-hydrogen) atoms. The maximum absolute atomic E-state index is 5.32. The van der Waals surface area contributed by atoms with E-state index in [-0.39, 0.29) is 12.1 Å². The molecule has 0 spiro atoms. The zero-order valence-electron chi connectivity index (χ0n) is 24.6. The van der Waals surface area contributed by atoms with E-state index >= 15 is 0 Å². The average Bonchev–Trinajstić information content (AvgIpc) is 3.73. The van der Waals surface area contributed by atoms with Crippen molar-refractivity contribution in [1.82, 2.24) is 34.8 Å². The van der Waals surface area contributed by atoms with E-state index in [0.717, 1.165) is 77.9 Å². The first kappa shape index (κ1) is 26.6. The Labute approximate surface area is 256 Å². The Morgan fingerprint density at radius 2 is 1.73 bits per heavy atom. The fraction of sp³-hybridized carbons (Fsp3) is 0.257. The molecule has 3 aliphatic heterocycles. The summed E-state index contributed by atoms with van der Waals surface area (Å²) in [6, 6.07) is 27.3. The maximum Gasteiger partial charge on any atom is 0.199 e. The number of fused-ring (bicyclic) bond motifs is 3. The lowest BCUT2D eigenvalue weighted by Gasteiger charge is -2.31. The molecule has 2 unspecified atom stereocenters. The molecule has 6 heterocycles. The van der Waals surface area contributed by atoms with Crippen molar-refractivity contribution in [3.05, 3.63) is 119 Å². The van der Waals surface area contributed by atoms with Crippen molar-refractivity contribution in [2.24, 2.45) is 15.9 Å². The third-order valence-electron chi connectivity index (χ3n) is 8.78. The highest BCUT2D eigenvalue weighted by Gasteiger charge is 2.32. The third kappa shape index (κ3) is 5.09. The van der Waals surface area contributed by atoms with E-state index in [1.807, 2.05) is 42.1 Å². The molecule has 0 aliphatic carbocycles. The molecule has 1 fully saturated rings. The molecule has 5 aromatic rings. The number of benzene rings is 2. The predicted octanol–water partition coefficient (Wildman–Crippen LogP) is 6.17. The highest BCUT2D eigenvalue weighted by atomic mass is 15.4. The summed E-state index contributed by atoms with van der Waals surface area (Å²) >= 11 is 0. The van der Waals surface area contributed by atoms with Crippen LogP contribution in [0.5, 0.6) is 0 Å². The number of allylic oxidation sites excluding steroid dienone is 1. The lowest BCUT2D eigenvalue weighted by Crippen LogP contribution is -2.32. The number of aromatic nitrogens is 6. The van der Waals surface area contributed by atoms with Gasteiger partial charge in [0.05, 0.1) is 17.3 Å². The van der Waals surface area contributed by atoms with E-state index in [2.05, 4.69) is 85.7 Å². The fourth-order valence-corrected chi connectivity index (χ4v) is 6.48. The molecule has 0 bridgehead atoms. The first-order valence-electron chi connectivity index (χ1n) is 15.3. The van der Waals surface area contributed by atoms with Gasteiger partial charge in [0, 0.05) is 42.1 Å².